The molecule has 242 valence electrons. The zero-order chi connectivity index (χ0) is 33.4. The van der Waals surface area contributed by atoms with E-state index in [0.29, 0.717) is 12.0 Å². The van der Waals surface area contributed by atoms with Crippen molar-refractivity contribution in [3.63, 3.8) is 0 Å². The first-order valence-electron chi connectivity index (χ1n) is 14.8. The van der Waals surface area contributed by atoms with Gasteiger partial charge < -0.3 is 10.2 Å². The number of hydrogen-bond acceptors (Lipinski definition) is 4. The molecule has 46 heavy (non-hydrogen) atoms. The van der Waals surface area contributed by atoms with Crippen molar-refractivity contribution >= 4 is 50.7 Å². The highest BCUT2D eigenvalue weighted by Crippen LogP contribution is 2.35. The zero-order valence-corrected chi connectivity index (χ0v) is 28.1. The van der Waals surface area contributed by atoms with Gasteiger partial charge >= 0.3 is 0 Å². The first kappa shape index (κ1) is 34.9. The monoisotopic (exact) mass is 683 g/mol. The van der Waals surface area contributed by atoms with E-state index in [4.69, 9.17) is 23.2 Å². The Balaban J connectivity index is 1.83. The number of nitrogens with zero attached hydrogens (tertiary/aromatic N) is 2. The minimum Gasteiger partial charge on any atom is -0.352 e. The SMILES string of the molecule is CC[C@H](C)NC(=O)[C@@H](Cc1ccccc1)N(Cc1ccc(F)cc1)C(=O)CN(c1cccc(Cl)c1Cl)S(=O)(=O)c1ccc(C)cc1. The Hall–Kier alpha value is -3.92. The Kier molecular flexibility index (Phi) is 11.8. The molecule has 2 amide bonds. The second-order valence-corrected chi connectivity index (χ2v) is 13.7. The Bertz CT molecular complexity index is 1760. The highest BCUT2D eigenvalue weighted by Gasteiger charge is 2.35. The van der Waals surface area contributed by atoms with Crippen molar-refractivity contribution in [3.05, 3.63) is 130 Å². The summed E-state index contributed by atoms with van der Waals surface area (Å²) in [4.78, 5) is 29.7. The maximum absolute atomic E-state index is 14.5. The van der Waals surface area contributed by atoms with Crippen LogP contribution in [-0.4, -0.2) is 43.8 Å². The standard InChI is InChI=1S/C35H36Cl2FN3O4S/c1-4-25(3)39-35(43)32(21-26-9-6-5-7-10-26)40(22-27-15-17-28(38)18-16-27)33(42)23-41(31-12-8-11-30(36)34(31)37)46(44,45)29-19-13-24(2)14-20-29/h5-20,25,32H,4,21-23H2,1-3H3,(H,39,43)/t25-,32+/m0/s1. The van der Waals surface area contributed by atoms with Crippen molar-refractivity contribution in [2.75, 3.05) is 10.8 Å². The maximum Gasteiger partial charge on any atom is 0.264 e. The lowest BCUT2D eigenvalue weighted by Crippen LogP contribution is -2.54. The van der Waals surface area contributed by atoms with E-state index in [9.17, 15) is 22.4 Å². The fraction of sp³-hybridized carbons (Fsp3) is 0.257. The summed E-state index contributed by atoms with van der Waals surface area (Å²) >= 11 is 12.9. The van der Waals surface area contributed by atoms with E-state index < -0.39 is 40.2 Å². The molecule has 0 heterocycles. The van der Waals surface area contributed by atoms with Crippen molar-refractivity contribution in [3.8, 4) is 0 Å². The molecule has 1 N–H and O–H groups in total. The van der Waals surface area contributed by atoms with Crippen LogP contribution in [0.5, 0.6) is 0 Å². The van der Waals surface area contributed by atoms with Crippen LogP contribution in [0.15, 0.2) is 102 Å². The third-order valence-corrected chi connectivity index (χ3v) is 10.2. The number of hydrogen-bond donors (Lipinski definition) is 1. The minimum atomic E-state index is -4.35. The van der Waals surface area contributed by atoms with Crippen LogP contribution in [-0.2, 0) is 32.6 Å². The van der Waals surface area contributed by atoms with Crippen molar-refractivity contribution in [2.24, 2.45) is 0 Å². The summed E-state index contributed by atoms with van der Waals surface area (Å²) in [7, 11) is -4.35. The van der Waals surface area contributed by atoms with Gasteiger partial charge in [0.05, 0.1) is 20.6 Å². The molecule has 0 fully saturated rings. The zero-order valence-electron chi connectivity index (χ0n) is 25.8. The molecule has 4 aromatic rings. The first-order valence-corrected chi connectivity index (χ1v) is 17.0. The van der Waals surface area contributed by atoms with Crippen LogP contribution in [0.25, 0.3) is 0 Å². The number of nitrogens with one attached hydrogen (secondary N) is 1. The number of rotatable bonds is 13. The van der Waals surface area contributed by atoms with Crippen molar-refractivity contribution in [2.45, 2.75) is 57.1 Å². The van der Waals surface area contributed by atoms with E-state index in [2.05, 4.69) is 5.32 Å². The van der Waals surface area contributed by atoms with Crippen LogP contribution in [0.1, 0.15) is 37.0 Å². The van der Waals surface area contributed by atoms with Crippen LogP contribution in [0, 0.1) is 12.7 Å². The third-order valence-electron chi connectivity index (χ3n) is 7.63. The van der Waals surface area contributed by atoms with Gasteiger partial charge in [0, 0.05) is 19.0 Å². The number of benzene rings is 4. The van der Waals surface area contributed by atoms with Crippen LogP contribution >= 0.6 is 23.2 Å². The van der Waals surface area contributed by atoms with E-state index in [1.54, 1.807) is 18.2 Å². The third kappa shape index (κ3) is 8.66. The summed E-state index contributed by atoms with van der Waals surface area (Å²) in [5.41, 5.74) is 2.21. The van der Waals surface area contributed by atoms with Gasteiger partial charge in [-0.1, -0.05) is 96.4 Å². The molecule has 4 aromatic carbocycles. The number of carbonyl (C=O) groups is 2. The Labute approximate surface area is 280 Å². The molecule has 2 atom stereocenters. The highest BCUT2D eigenvalue weighted by atomic mass is 35.5. The summed E-state index contributed by atoms with van der Waals surface area (Å²) in [6.07, 6.45) is 0.810. The van der Waals surface area contributed by atoms with Gasteiger partial charge in [0.1, 0.15) is 18.4 Å². The smallest absolute Gasteiger partial charge is 0.264 e. The number of halogens is 3. The predicted octanol–water partition coefficient (Wildman–Crippen LogP) is 7.19. The minimum absolute atomic E-state index is 0.00786. The molecule has 0 aliphatic heterocycles. The molecule has 0 saturated heterocycles. The van der Waals surface area contributed by atoms with Gasteiger partial charge in [-0.25, -0.2) is 12.8 Å². The molecule has 0 aromatic heterocycles. The molecule has 0 saturated carbocycles. The number of amides is 2. The number of anilines is 1. The van der Waals surface area contributed by atoms with Gasteiger partial charge in [0.15, 0.2) is 0 Å². The summed E-state index contributed by atoms with van der Waals surface area (Å²) in [5, 5.41) is 3.04. The quantitative estimate of drug-likeness (QED) is 0.162. The number of aryl methyl sites for hydroxylation is 1. The van der Waals surface area contributed by atoms with Crippen molar-refractivity contribution in [1.29, 1.82) is 0 Å². The fourth-order valence-electron chi connectivity index (χ4n) is 4.82. The molecular formula is C35H36Cl2FN3O4S. The lowest BCUT2D eigenvalue weighted by Gasteiger charge is -2.34. The Morgan fingerprint density at radius 3 is 2.15 bits per heavy atom. The van der Waals surface area contributed by atoms with E-state index in [-0.39, 0.29) is 39.6 Å². The second kappa shape index (κ2) is 15.6. The second-order valence-electron chi connectivity index (χ2n) is 11.1. The highest BCUT2D eigenvalue weighted by molar-refractivity contribution is 7.92. The number of sulfonamides is 1. The molecule has 0 spiro atoms. The summed E-state index contributed by atoms with van der Waals surface area (Å²) in [6.45, 7) is 4.84. The van der Waals surface area contributed by atoms with E-state index in [1.807, 2.05) is 51.1 Å². The lowest BCUT2D eigenvalue weighted by atomic mass is 10.0. The number of carbonyl (C=O) groups excluding carboxylic acids is 2. The van der Waals surface area contributed by atoms with E-state index in [0.717, 1.165) is 15.4 Å². The van der Waals surface area contributed by atoms with E-state index >= 15 is 0 Å². The van der Waals surface area contributed by atoms with Gasteiger partial charge in [0.2, 0.25) is 11.8 Å². The maximum atomic E-state index is 14.5. The first-order chi connectivity index (χ1) is 21.9. The van der Waals surface area contributed by atoms with Gasteiger partial charge in [-0.05, 0) is 67.8 Å². The van der Waals surface area contributed by atoms with Crippen molar-refractivity contribution < 1.29 is 22.4 Å². The van der Waals surface area contributed by atoms with Crippen LogP contribution in [0.3, 0.4) is 0 Å². The molecule has 0 unspecified atom stereocenters. The summed E-state index contributed by atoms with van der Waals surface area (Å²) in [6, 6.07) is 24.3. The average Bonchev–Trinajstić information content (AvgIpc) is 3.04. The molecule has 0 aliphatic rings. The topological polar surface area (TPSA) is 86.8 Å². The molecule has 0 radical (unpaired) electrons. The molecule has 7 nitrogen and oxygen atoms in total. The van der Waals surface area contributed by atoms with Gasteiger partial charge in [-0.2, -0.15) is 0 Å². The van der Waals surface area contributed by atoms with Gasteiger partial charge in [-0.15, -0.1) is 0 Å². The molecule has 0 bridgehead atoms. The van der Waals surface area contributed by atoms with Crippen LogP contribution in [0.4, 0.5) is 10.1 Å². The van der Waals surface area contributed by atoms with Crippen LogP contribution < -0.4 is 9.62 Å². The van der Waals surface area contributed by atoms with E-state index in [1.165, 1.54) is 53.4 Å². The Morgan fingerprint density at radius 1 is 0.870 bits per heavy atom. The van der Waals surface area contributed by atoms with Crippen LogP contribution in [0.2, 0.25) is 10.0 Å². The molecule has 0 aliphatic carbocycles. The summed E-state index contributed by atoms with van der Waals surface area (Å²) < 4.78 is 43.1. The largest absolute Gasteiger partial charge is 0.352 e. The summed E-state index contributed by atoms with van der Waals surface area (Å²) in [5.74, 6) is -1.53. The Morgan fingerprint density at radius 2 is 1.52 bits per heavy atom. The molecule has 11 heteroatoms. The van der Waals surface area contributed by atoms with Crippen molar-refractivity contribution in [1.82, 2.24) is 10.2 Å². The predicted molar refractivity (Wildman–Crippen MR) is 181 cm³/mol. The fourth-order valence-corrected chi connectivity index (χ4v) is 6.69. The van der Waals surface area contributed by atoms with Gasteiger partial charge in [-0.3, -0.25) is 13.9 Å². The van der Waals surface area contributed by atoms with Gasteiger partial charge in [0.25, 0.3) is 10.0 Å². The molecule has 4 rings (SSSR count). The molecular weight excluding hydrogens is 648 g/mol. The normalized spacial score (nSPS) is 12.7. The lowest BCUT2D eigenvalue weighted by molar-refractivity contribution is -0.140. The average molecular weight is 685 g/mol.